The van der Waals surface area contributed by atoms with E-state index in [-0.39, 0.29) is 30.4 Å². The molecule has 1 amide bonds. The average molecular weight is 456 g/mol. The number of carbonyl (C=O) groups excluding carboxylic acids is 3. The van der Waals surface area contributed by atoms with Crippen LogP contribution >= 0.6 is 0 Å². The van der Waals surface area contributed by atoms with E-state index in [9.17, 15) is 14.4 Å². The summed E-state index contributed by atoms with van der Waals surface area (Å²) in [6.07, 6.45) is -0.353. The number of aromatic nitrogens is 1. The van der Waals surface area contributed by atoms with Crippen LogP contribution in [0, 0.1) is 0 Å². The lowest BCUT2D eigenvalue weighted by molar-refractivity contribution is -0.162. The predicted molar refractivity (Wildman–Crippen MR) is 107 cm³/mol. The first-order valence-corrected chi connectivity index (χ1v) is 9.76. The second kappa shape index (κ2) is 12.2. The fraction of sp³-hybridized carbons (Fsp3) is 0.600. The highest BCUT2D eigenvalue weighted by Crippen LogP contribution is 2.29. The molecular weight excluding hydrogens is 428 g/mol. The van der Waals surface area contributed by atoms with Crippen molar-refractivity contribution in [2.24, 2.45) is 0 Å². The minimum Gasteiger partial charge on any atom is -0.493 e. The topological polar surface area (TPSA) is 141 Å². The third kappa shape index (κ3) is 6.52. The van der Waals surface area contributed by atoms with Gasteiger partial charge in [0.25, 0.3) is 5.91 Å². The number of rotatable bonds is 8. The van der Waals surface area contributed by atoms with Gasteiger partial charge >= 0.3 is 11.9 Å². The zero-order valence-corrected chi connectivity index (χ0v) is 18.6. The average Bonchev–Trinajstić information content (AvgIpc) is 2.81. The Kier molecular flexibility index (Phi) is 9.62. The van der Waals surface area contributed by atoms with Crippen molar-refractivity contribution in [3.63, 3.8) is 0 Å². The molecule has 1 fully saturated rings. The Balaban J connectivity index is 2.20. The van der Waals surface area contributed by atoms with Gasteiger partial charge in [-0.2, -0.15) is 0 Å². The number of nitrogens with zero attached hydrogens (tertiary/aromatic N) is 1. The number of cyclic esters (lactones) is 1. The standard InChI is InChI=1S/C20H28N2O10/c1-11-17(28-5)15(27-4)9-29-8-13(20(25)32-11)22-19(24)16-18(31-10-30-12(2)23)14(26-3)6-7-21-16/h6-7,11,13,15,17H,8-10H2,1-5H3,(H,22,24)/t11-,13-,15-,17-/m0/s1. The summed E-state index contributed by atoms with van der Waals surface area (Å²) in [4.78, 5) is 40.6. The van der Waals surface area contributed by atoms with Gasteiger partial charge in [0.1, 0.15) is 18.3 Å². The molecule has 12 heteroatoms. The molecule has 0 radical (unpaired) electrons. The molecule has 1 aliphatic heterocycles. The molecule has 178 valence electrons. The first kappa shape index (κ1) is 25.3. The molecule has 12 nitrogen and oxygen atoms in total. The first-order chi connectivity index (χ1) is 15.3. The van der Waals surface area contributed by atoms with Gasteiger partial charge in [-0.15, -0.1) is 0 Å². The SMILES string of the molecule is COc1ccnc(C(=O)N[C@H]2COC[C@H](OC)[C@@H](OC)[C@H](C)OC2=O)c1OCOC(C)=O. The molecule has 1 aliphatic rings. The van der Waals surface area contributed by atoms with Crippen LogP contribution in [0.25, 0.3) is 0 Å². The highest BCUT2D eigenvalue weighted by molar-refractivity contribution is 5.98. The molecule has 2 rings (SSSR count). The van der Waals surface area contributed by atoms with E-state index in [1.54, 1.807) is 6.92 Å². The van der Waals surface area contributed by atoms with Gasteiger partial charge < -0.3 is 38.5 Å². The summed E-state index contributed by atoms with van der Waals surface area (Å²) in [6.45, 7) is 2.37. The lowest BCUT2D eigenvalue weighted by Gasteiger charge is -2.28. The third-order valence-corrected chi connectivity index (χ3v) is 4.63. The summed E-state index contributed by atoms with van der Waals surface area (Å²) < 4.78 is 37.1. The van der Waals surface area contributed by atoms with Crippen molar-refractivity contribution in [3.8, 4) is 11.5 Å². The molecule has 1 N–H and O–H groups in total. The van der Waals surface area contributed by atoms with Gasteiger partial charge in [-0.3, -0.25) is 9.59 Å². The Hall–Kier alpha value is -2.96. The summed E-state index contributed by atoms with van der Waals surface area (Å²) >= 11 is 0. The molecule has 0 unspecified atom stereocenters. The number of hydrogen-bond donors (Lipinski definition) is 1. The molecule has 2 heterocycles. The summed E-state index contributed by atoms with van der Waals surface area (Å²) in [5.41, 5.74) is -0.179. The van der Waals surface area contributed by atoms with Crippen LogP contribution in [0.2, 0.25) is 0 Å². The normalized spacial score (nSPS) is 23.7. The van der Waals surface area contributed by atoms with Crippen LogP contribution in [-0.2, 0) is 33.3 Å². The lowest BCUT2D eigenvalue weighted by atomic mass is 10.1. The monoisotopic (exact) mass is 456 g/mol. The Morgan fingerprint density at radius 2 is 1.97 bits per heavy atom. The van der Waals surface area contributed by atoms with E-state index >= 15 is 0 Å². The summed E-state index contributed by atoms with van der Waals surface area (Å²) in [5, 5.41) is 2.53. The van der Waals surface area contributed by atoms with Crippen LogP contribution in [0.1, 0.15) is 24.3 Å². The number of esters is 2. The molecule has 0 aromatic carbocycles. The van der Waals surface area contributed by atoms with Gasteiger partial charge in [0.2, 0.25) is 6.79 Å². The molecule has 0 bridgehead atoms. The van der Waals surface area contributed by atoms with Gasteiger partial charge in [-0.25, -0.2) is 9.78 Å². The van der Waals surface area contributed by atoms with Gasteiger partial charge in [-0.05, 0) is 6.92 Å². The molecule has 4 atom stereocenters. The Bertz CT molecular complexity index is 803. The largest absolute Gasteiger partial charge is 0.493 e. The third-order valence-electron chi connectivity index (χ3n) is 4.63. The van der Waals surface area contributed by atoms with Crippen molar-refractivity contribution in [1.29, 1.82) is 0 Å². The second-order valence-corrected chi connectivity index (χ2v) is 6.77. The van der Waals surface area contributed by atoms with Crippen molar-refractivity contribution >= 4 is 17.8 Å². The minimum absolute atomic E-state index is 0.0571. The van der Waals surface area contributed by atoms with Crippen LogP contribution in [0.4, 0.5) is 0 Å². The number of hydrogen-bond acceptors (Lipinski definition) is 11. The van der Waals surface area contributed by atoms with Crippen molar-refractivity contribution in [2.45, 2.75) is 38.2 Å². The smallest absolute Gasteiger partial charge is 0.331 e. The summed E-state index contributed by atoms with van der Waals surface area (Å²) in [6, 6.07) is 0.335. The number of ether oxygens (including phenoxy) is 7. The maximum atomic E-state index is 12.9. The molecule has 1 saturated heterocycles. The van der Waals surface area contributed by atoms with Gasteiger partial charge in [0.05, 0.1) is 20.3 Å². The molecule has 32 heavy (non-hydrogen) atoms. The highest BCUT2D eigenvalue weighted by atomic mass is 16.7. The van der Waals surface area contributed by atoms with Gasteiger partial charge in [0, 0.05) is 33.4 Å². The van der Waals surface area contributed by atoms with E-state index in [2.05, 4.69) is 10.3 Å². The van der Waals surface area contributed by atoms with E-state index in [4.69, 9.17) is 33.2 Å². The second-order valence-electron chi connectivity index (χ2n) is 6.77. The Morgan fingerprint density at radius 1 is 1.22 bits per heavy atom. The van der Waals surface area contributed by atoms with Crippen LogP contribution in [0.3, 0.4) is 0 Å². The van der Waals surface area contributed by atoms with Crippen LogP contribution < -0.4 is 14.8 Å². The summed E-state index contributed by atoms with van der Waals surface area (Å²) in [7, 11) is 4.35. The molecular formula is C20H28N2O10. The Morgan fingerprint density at radius 3 is 2.59 bits per heavy atom. The van der Waals surface area contributed by atoms with E-state index in [1.165, 1.54) is 40.5 Å². The predicted octanol–water partition coefficient (Wildman–Crippen LogP) is 0.0799. The van der Waals surface area contributed by atoms with Gasteiger partial charge in [0.15, 0.2) is 23.2 Å². The van der Waals surface area contributed by atoms with E-state index in [0.717, 1.165) is 0 Å². The number of amides is 1. The number of carbonyl (C=O) groups is 3. The van der Waals surface area contributed by atoms with Gasteiger partial charge in [-0.1, -0.05) is 0 Å². The highest BCUT2D eigenvalue weighted by Gasteiger charge is 2.35. The molecule has 0 spiro atoms. The molecule has 1 aromatic rings. The fourth-order valence-electron chi connectivity index (χ4n) is 3.04. The van der Waals surface area contributed by atoms with Crippen molar-refractivity contribution in [2.75, 3.05) is 41.3 Å². The number of nitrogens with one attached hydrogen (secondary N) is 1. The number of methoxy groups -OCH3 is 3. The first-order valence-electron chi connectivity index (χ1n) is 9.76. The molecule has 0 saturated carbocycles. The van der Waals surface area contributed by atoms with Crippen molar-refractivity contribution < 1.29 is 47.5 Å². The summed E-state index contributed by atoms with van der Waals surface area (Å²) in [5.74, 6) is -1.90. The molecule has 1 aromatic heterocycles. The van der Waals surface area contributed by atoms with Crippen molar-refractivity contribution in [3.05, 3.63) is 18.0 Å². The zero-order valence-electron chi connectivity index (χ0n) is 18.6. The lowest BCUT2D eigenvalue weighted by Crippen LogP contribution is -2.47. The minimum atomic E-state index is -1.13. The number of pyridine rings is 1. The van der Waals surface area contributed by atoms with E-state index in [1.807, 2.05) is 0 Å². The van der Waals surface area contributed by atoms with E-state index < -0.39 is 49.0 Å². The van der Waals surface area contributed by atoms with Crippen LogP contribution in [-0.4, -0.2) is 88.5 Å². The maximum absolute atomic E-state index is 12.9. The maximum Gasteiger partial charge on any atom is 0.331 e. The Labute approximate surface area is 185 Å². The van der Waals surface area contributed by atoms with Crippen LogP contribution in [0.5, 0.6) is 11.5 Å². The van der Waals surface area contributed by atoms with Crippen molar-refractivity contribution in [1.82, 2.24) is 10.3 Å². The zero-order chi connectivity index (χ0) is 23.7. The molecule has 0 aliphatic carbocycles. The quantitative estimate of drug-likeness (QED) is 0.420. The van der Waals surface area contributed by atoms with E-state index in [0.29, 0.717) is 0 Å². The fourth-order valence-corrected chi connectivity index (χ4v) is 3.04. The van der Waals surface area contributed by atoms with Crippen LogP contribution in [0.15, 0.2) is 12.3 Å².